The van der Waals surface area contributed by atoms with Gasteiger partial charge in [0.25, 0.3) is 12.4 Å². The van der Waals surface area contributed by atoms with Gasteiger partial charge in [-0.2, -0.15) is 13.2 Å². The summed E-state index contributed by atoms with van der Waals surface area (Å²) in [6.07, 6.45) is 3.89. The maximum atomic E-state index is 12.5. The Kier molecular flexibility index (Phi) is 43.0. The molecule has 1 aliphatic rings. The number of carbonyl (C=O) groups excluding carboxylic acids is 12. The van der Waals surface area contributed by atoms with Crippen molar-refractivity contribution in [2.45, 2.75) is 209 Å². The summed E-state index contributed by atoms with van der Waals surface area (Å²) >= 11 is 14.4. The Labute approximate surface area is 901 Å². The van der Waals surface area contributed by atoms with Crippen molar-refractivity contribution in [1.29, 1.82) is 0 Å². The zero-order valence-corrected chi connectivity index (χ0v) is 95.4. The minimum absolute atomic E-state index is 0.0267. The van der Waals surface area contributed by atoms with E-state index < -0.39 is 59.2 Å². The highest BCUT2D eigenvalue weighted by Crippen LogP contribution is 2.44. The summed E-state index contributed by atoms with van der Waals surface area (Å²) in [5.41, 5.74) is 8.69. The number of allylic oxidation sites excluding steroid dienone is 1. The van der Waals surface area contributed by atoms with E-state index in [-0.39, 0.29) is 90.7 Å². The summed E-state index contributed by atoms with van der Waals surface area (Å²) in [4.78, 5) is 163. The quantitative estimate of drug-likeness (QED) is 0.0130. The van der Waals surface area contributed by atoms with Gasteiger partial charge in [-0.15, -0.1) is 101 Å². The monoisotopic (exact) mass is 2270 g/mol. The van der Waals surface area contributed by atoms with Crippen molar-refractivity contribution in [2.24, 2.45) is 0 Å². The number of rotatable bonds is 22. The molecule has 9 heterocycles. The number of thiophene rings is 6. The third-order valence-electron chi connectivity index (χ3n) is 20.0. The Balaban J connectivity index is 0.000000217. The first-order chi connectivity index (χ1) is 69.1. The summed E-state index contributed by atoms with van der Waals surface area (Å²) in [7, 11) is 5.45. The first-order valence-corrected chi connectivity index (χ1v) is 53.9. The second-order valence-electron chi connectivity index (χ2n) is 38.6. The minimum Gasteiger partial charge on any atom is -0.465 e. The number of amides is 13. The zero-order chi connectivity index (χ0) is 110. The number of alkyl halides is 4. The second kappa shape index (κ2) is 52.8. The fraction of sp³-hybridized carbons (Fsp3) is 0.366. The number of esters is 4. The molecule has 47 heteroatoms. The maximum Gasteiger partial charge on any atom is 0.445 e. The number of hydrogen-bond donors (Lipinski definition) is 13. The lowest BCUT2D eigenvalue weighted by molar-refractivity contribution is -0.138. The van der Waals surface area contributed by atoms with Gasteiger partial charge in [0, 0.05) is 80.9 Å². The van der Waals surface area contributed by atoms with Gasteiger partial charge in [0.2, 0.25) is 10.1 Å². The number of thiazole rings is 2. The summed E-state index contributed by atoms with van der Waals surface area (Å²) in [6.45, 7) is 45.3. The van der Waals surface area contributed by atoms with Gasteiger partial charge in [-0.05, 0) is 151 Å². The molecule has 34 nitrogen and oxygen atoms in total. The van der Waals surface area contributed by atoms with E-state index in [2.05, 4.69) is 194 Å². The SMILES string of the molecule is CCOC(=O)c1sc(CBr)cc1NC(=O)Nc1ccc(C)cc1.CNC(=O)c1sc(C(C)(C)C)cc1NC(=O)Nc1ccc(C)cc1.COC(=O)c1sc(C(C)(C)C)cc1NC(=O)Nc1ccc2c(c1)C=CC2.COC(=O)c1sc(C(C)(C)C)cc1NC(=O)Nc1ncc(C(C)(C)C)s1.COC(=O)c1sc(C(C)(C)C)cc1NC(=O)Nc1nnc(C(F)(F)F)s1.Cc1cnc(NC(=O)Nc2cc(C(C)(C)C)sc2COC=O)s1. The average molecular weight is 2270 g/mol. The first-order valence-electron chi connectivity index (χ1n) is 45.4. The topological polar surface area (TPSA) is 459 Å². The van der Waals surface area contributed by atoms with E-state index in [0.29, 0.717) is 87.1 Å². The number of hydrogen-bond acceptors (Lipinski definition) is 30. The third kappa shape index (κ3) is 36.6. The van der Waals surface area contributed by atoms with Crippen LogP contribution in [0, 0.1) is 20.8 Å². The number of carbonyl (C=O) groups is 12. The largest absolute Gasteiger partial charge is 0.465 e. The zero-order valence-electron chi connectivity index (χ0n) is 86.4. The molecule has 13 amide bonds. The molecule has 12 aromatic rings. The standard InChI is InChI=1S/C20H22N2O3S.C18H25N3O3S2.C18H23N3O2S.C16H17BrN2O3S.C15H19N3O3S2.C14H15F3N4O3S2/c1-20(2,3)16-11-15(17(26-16)18(23)25-4)22-19(24)21-14-9-8-12-6-5-7-13(12)10-14;1-17(2,3)11-8-10(13(25-11)14(22)24-7)20-15(23)21-16-19-9-12(26-16)18(4,5)6;1-11-6-8-12(9-7-11)20-17(23)21-13-10-14(18(2,3)4)24-15(13)16(22)19-5;1-3-22-15(20)14-13(8-12(9-17)23-14)19-16(21)18-11-6-4-10(2)5-7-11;1-9-6-16-14(22-9)18-13(20)17-10-5-12(15(2,3)4)23-11(10)7-21-8-19;1-13(2,3)7-5-6(8(25-7)9(22)24-4)18-11(23)19-12-21-20-10(26-12)14(15,16)17/h5,7-11H,6H2,1-4H3,(H2,21,22,24);8-9H,1-7H3,(H2,19,20,21,23);6-10H,1-5H3,(H,19,22)(H2,20,21,23);4-8H,3,9H2,1-2H3,(H2,18,19,21);5-6,8H,7H2,1-4H3,(H2,16,17,18,20);5H,1-4H3,(H2,18,19,21,23). The number of nitrogens with zero attached hydrogens (tertiary/aromatic N) is 4. The molecule has 0 aliphatic heterocycles. The van der Waals surface area contributed by atoms with Gasteiger partial charge < -0.3 is 76.9 Å². The van der Waals surface area contributed by atoms with Crippen molar-refractivity contribution >= 4 is 263 Å². The highest BCUT2D eigenvalue weighted by Gasteiger charge is 2.37. The average Bonchev–Trinajstić information content (AvgIpc) is 1.67. The fourth-order valence-corrected chi connectivity index (χ4v) is 21.2. The van der Waals surface area contributed by atoms with Crippen LogP contribution in [0.1, 0.15) is 251 Å². The molecule has 0 radical (unpaired) electrons. The molecule has 1 aliphatic carbocycles. The van der Waals surface area contributed by atoms with Gasteiger partial charge >= 0.3 is 66.2 Å². The van der Waals surface area contributed by atoms with Crippen LogP contribution in [-0.2, 0) is 85.5 Å². The number of ether oxygens (including phenoxy) is 5. The van der Waals surface area contributed by atoms with Gasteiger partial charge in [-0.1, -0.05) is 206 Å². The number of urea groups is 6. The Morgan fingerprint density at radius 2 is 0.764 bits per heavy atom. The number of anilines is 12. The summed E-state index contributed by atoms with van der Waals surface area (Å²) in [5.74, 6) is -2.19. The number of aryl methyl sites for hydroxylation is 3. The maximum absolute atomic E-state index is 12.5. The Morgan fingerprint density at radius 1 is 0.399 bits per heavy atom. The number of nitrogens with one attached hydrogen (secondary N) is 13. The molecule has 0 unspecified atom stereocenters. The van der Waals surface area contributed by atoms with Crippen LogP contribution in [0.2, 0.25) is 0 Å². The molecular weight excluding hydrogens is 2150 g/mol. The second-order valence-corrected chi connectivity index (χ2v) is 48.9. The molecule has 0 atom stereocenters. The lowest BCUT2D eigenvalue weighted by Crippen LogP contribution is -2.22. The van der Waals surface area contributed by atoms with Gasteiger partial charge in [0.15, 0.2) is 10.3 Å². The molecule has 0 saturated carbocycles. The summed E-state index contributed by atoms with van der Waals surface area (Å²) in [6, 6.07) is 28.8. The van der Waals surface area contributed by atoms with E-state index in [0.717, 1.165) is 78.3 Å². The van der Waals surface area contributed by atoms with Gasteiger partial charge in [0.1, 0.15) is 31.0 Å². The first kappa shape index (κ1) is 120. The lowest BCUT2D eigenvalue weighted by atomic mass is 9.94. The molecule has 3 aromatic carbocycles. The molecular formula is C101H121BrF3N17O17S9. The van der Waals surface area contributed by atoms with E-state index in [1.807, 2.05) is 159 Å². The van der Waals surface area contributed by atoms with Gasteiger partial charge in [-0.3, -0.25) is 25.5 Å². The van der Waals surface area contributed by atoms with E-state index in [1.54, 1.807) is 38.5 Å². The predicted molar refractivity (Wildman–Crippen MR) is 596 cm³/mol. The van der Waals surface area contributed by atoms with Crippen molar-refractivity contribution in [2.75, 3.05) is 98.8 Å². The molecule has 794 valence electrons. The Hall–Kier alpha value is -12.9. The van der Waals surface area contributed by atoms with Crippen LogP contribution in [0.15, 0.2) is 122 Å². The molecule has 0 fully saturated rings. The smallest absolute Gasteiger partial charge is 0.445 e. The summed E-state index contributed by atoms with van der Waals surface area (Å²) < 4.78 is 61.8. The van der Waals surface area contributed by atoms with Crippen LogP contribution in [-0.4, -0.2) is 128 Å². The van der Waals surface area contributed by atoms with Crippen molar-refractivity contribution in [1.82, 2.24) is 25.5 Å². The van der Waals surface area contributed by atoms with Gasteiger partial charge in [-0.25, -0.2) is 57.9 Å². The highest BCUT2D eigenvalue weighted by molar-refractivity contribution is 9.08. The van der Waals surface area contributed by atoms with Crippen LogP contribution >= 0.6 is 118 Å². The Morgan fingerprint density at radius 3 is 1.14 bits per heavy atom. The van der Waals surface area contributed by atoms with E-state index in [1.165, 1.54) is 106 Å². The molecule has 0 saturated heterocycles. The third-order valence-corrected chi connectivity index (χ3v) is 32.8. The van der Waals surface area contributed by atoms with Crippen molar-refractivity contribution in [3.05, 3.63) is 217 Å². The Bertz CT molecular complexity index is 6590. The minimum atomic E-state index is -4.64. The molecule has 0 spiro atoms. The normalized spacial score (nSPS) is 11.5. The van der Waals surface area contributed by atoms with Crippen LogP contribution in [0.5, 0.6) is 0 Å². The van der Waals surface area contributed by atoms with E-state index in [9.17, 15) is 70.7 Å². The molecule has 9 aromatic heterocycles. The molecule has 0 bridgehead atoms. The molecule has 13 N–H and O–H groups in total. The fourth-order valence-electron chi connectivity index (χ4n) is 12.2. The summed E-state index contributed by atoms with van der Waals surface area (Å²) in [5, 5.41) is 41.2. The van der Waals surface area contributed by atoms with Gasteiger partial charge in [0.05, 0.1) is 66.9 Å². The number of aromatic nitrogens is 4. The number of halogens is 4. The van der Waals surface area contributed by atoms with Crippen molar-refractivity contribution < 1.29 is 94.4 Å². The van der Waals surface area contributed by atoms with Crippen LogP contribution < -0.4 is 69.1 Å². The number of methoxy groups -OCH3 is 3. The molecule has 148 heavy (non-hydrogen) atoms. The van der Waals surface area contributed by atoms with Crippen molar-refractivity contribution in [3.8, 4) is 0 Å². The van der Waals surface area contributed by atoms with Crippen LogP contribution in [0.3, 0.4) is 0 Å². The number of fused-ring (bicyclic) bond motifs is 1. The van der Waals surface area contributed by atoms with E-state index in [4.69, 9.17) is 23.7 Å². The van der Waals surface area contributed by atoms with Crippen molar-refractivity contribution in [3.63, 3.8) is 0 Å². The van der Waals surface area contributed by atoms with E-state index >= 15 is 0 Å². The van der Waals surface area contributed by atoms with Crippen LogP contribution in [0.4, 0.5) is 109 Å². The van der Waals surface area contributed by atoms with Crippen LogP contribution in [0.25, 0.3) is 6.08 Å². The highest BCUT2D eigenvalue weighted by atomic mass is 79.9. The predicted octanol–water partition coefficient (Wildman–Crippen LogP) is 27.9. The number of benzene rings is 3. The molecule has 13 rings (SSSR count). The lowest BCUT2D eigenvalue weighted by Gasteiger charge is -2.15.